The predicted molar refractivity (Wildman–Crippen MR) is 125 cm³/mol. The Morgan fingerprint density at radius 1 is 1.09 bits per heavy atom. The molecule has 1 saturated heterocycles. The summed E-state index contributed by atoms with van der Waals surface area (Å²) >= 11 is 5.81. The number of nitrogens with one attached hydrogen (secondary N) is 2. The first-order valence-corrected chi connectivity index (χ1v) is 12.6. The van der Waals surface area contributed by atoms with E-state index in [-0.39, 0.29) is 30.0 Å². The van der Waals surface area contributed by atoms with Crippen LogP contribution < -0.4 is 10.0 Å². The molecule has 2 aromatic rings. The Morgan fingerprint density at radius 3 is 2.48 bits per heavy atom. The summed E-state index contributed by atoms with van der Waals surface area (Å²) in [5.41, 5.74) is 1.10. The molecule has 0 saturated carbocycles. The quantitative estimate of drug-likeness (QED) is 0.498. The van der Waals surface area contributed by atoms with Crippen LogP contribution in [0.1, 0.15) is 18.4 Å². The van der Waals surface area contributed by atoms with Gasteiger partial charge in [0.25, 0.3) is 0 Å². The van der Waals surface area contributed by atoms with Crippen molar-refractivity contribution in [3.05, 3.63) is 65.2 Å². The maximum Gasteiger partial charge on any atom is 0.241 e. The zero-order valence-corrected chi connectivity index (χ0v) is 19.8. The predicted octanol–water partition coefficient (Wildman–Crippen LogP) is 1.98. The largest absolute Gasteiger partial charge is 0.376 e. The van der Waals surface area contributed by atoms with Gasteiger partial charge < -0.3 is 15.0 Å². The first-order chi connectivity index (χ1) is 15.8. The van der Waals surface area contributed by atoms with Gasteiger partial charge in [-0.1, -0.05) is 41.9 Å². The number of hydrogen-bond donors (Lipinski definition) is 2. The zero-order valence-electron chi connectivity index (χ0n) is 18.2. The second-order valence-corrected chi connectivity index (χ2v) is 9.98. The summed E-state index contributed by atoms with van der Waals surface area (Å²) in [6, 6.07) is 15.4. The fourth-order valence-corrected chi connectivity index (χ4v) is 4.58. The minimum Gasteiger partial charge on any atom is -0.376 e. The van der Waals surface area contributed by atoms with Gasteiger partial charge in [0, 0.05) is 24.7 Å². The third-order valence-corrected chi connectivity index (χ3v) is 6.92. The highest BCUT2D eigenvalue weighted by Crippen LogP contribution is 2.15. The number of benzene rings is 2. The third kappa shape index (κ3) is 8.12. The standard InChI is InChI=1S/C23H28ClN3O5S/c24-19-8-10-21(11-9-19)33(30,31)26-15-23(29)27(16-20-7-4-14-32-20)17-22(28)25-13-12-18-5-2-1-3-6-18/h1-3,5-6,8-11,20,26H,4,7,12-17H2,(H,25,28)/t20-/m1/s1. The molecule has 0 spiro atoms. The number of carbonyl (C=O) groups is 2. The van der Waals surface area contributed by atoms with Crippen LogP contribution in [-0.2, 0) is 30.8 Å². The average molecular weight is 494 g/mol. The van der Waals surface area contributed by atoms with Crippen molar-refractivity contribution in [3.63, 3.8) is 0 Å². The van der Waals surface area contributed by atoms with Crippen molar-refractivity contribution in [2.45, 2.75) is 30.3 Å². The molecular formula is C23H28ClN3O5S. The molecule has 3 rings (SSSR count). The lowest BCUT2D eigenvalue weighted by Gasteiger charge is -2.25. The van der Waals surface area contributed by atoms with Gasteiger partial charge in [-0.25, -0.2) is 13.1 Å². The van der Waals surface area contributed by atoms with Gasteiger partial charge in [-0.05, 0) is 49.1 Å². The van der Waals surface area contributed by atoms with E-state index in [1.165, 1.54) is 29.2 Å². The molecular weight excluding hydrogens is 466 g/mol. The van der Waals surface area contributed by atoms with E-state index in [0.29, 0.717) is 24.6 Å². The Balaban J connectivity index is 1.55. The molecule has 2 aromatic carbocycles. The number of rotatable bonds is 11. The Labute approximate surface area is 199 Å². The van der Waals surface area contributed by atoms with Crippen LogP contribution in [0.15, 0.2) is 59.5 Å². The highest BCUT2D eigenvalue weighted by molar-refractivity contribution is 7.89. The van der Waals surface area contributed by atoms with Crippen molar-refractivity contribution in [2.75, 3.05) is 32.8 Å². The molecule has 1 heterocycles. The zero-order chi connectivity index (χ0) is 23.7. The van der Waals surface area contributed by atoms with Gasteiger partial charge in [-0.15, -0.1) is 0 Å². The van der Waals surface area contributed by atoms with E-state index in [2.05, 4.69) is 10.0 Å². The van der Waals surface area contributed by atoms with E-state index in [9.17, 15) is 18.0 Å². The maximum absolute atomic E-state index is 12.8. The number of sulfonamides is 1. The topological polar surface area (TPSA) is 105 Å². The second kappa shape index (κ2) is 12.1. The van der Waals surface area contributed by atoms with Crippen LogP contribution in [0.25, 0.3) is 0 Å². The molecule has 0 aromatic heterocycles. The summed E-state index contributed by atoms with van der Waals surface area (Å²) < 4.78 is 32.9. The number of halogens is 1. The van der Waals surface area contributed by atoms with Gasteiger partial charge in [-0.3, -0.25) is 9.59 Å². The van der Waals surface area contributed by atoms with Crippen molar-refractivity contribution in [2.24, 2.45) is 0 Å². The summed E-state index contributed by atoms with van der Waals surface area (Å²) in [7, 11) is -3.89. The van der Waals surface area contributed by atoms with Crippen LogP contribution in [0.5, 0.6) is 0 Å². The Kier molecular flexibility index (Phi) is 9.25. The Hall–Kier alpha value is -2.46. The lowest BCUT2D eigenvalue weighted by molar-refractivity contribution is -0.136. The molecule has 0 unspecified atom stereocenters. The van der Waals surface area contributed by atoms with Gasteiger partial charge in [0.05, 0.1) is 24.1 Å². The SMILES string of the molecule is O=C(CN(C[C@H]1CCCO1)C(=O)CNS(=O)(=O)c1ccc(Cl)cc1)NCCc1ccccc1. The monoisotopic (exact) mass is 493 g/mol. The van der Waals surface area contributed by atoms with E-state index in [1.807, 2.05) is 30.3 Å². The minimum atomic E-state index is -3.89. The van der Waals surface area contributed by atoms with Crippen molar-refractivity contribution in [1.82, 2.24) is 14.9 Å². The van der Waals surface area contributed by atoms with Crippen LogP contribution in [0.4, 0.5) is 0 Å². The Bertz CT molecular complexity index is 1030. The maximum atomic E-state index is 12.8. The molecule has 0 radical (unpaired) electrons. The molecule has 1 atom stereocenters. The van der Waals surface area contributed by atoms with Gasteiger partial charge >= 0.3 is 0 Å². The van der Waals surface area contributed by atoms with Crippen LogP contribution in [0.3, 0.4) is 0 Å². The van der Waals surface area contributed by atoms with E-state index in [4.69, 9.17) is 16.3 Å². The molecule has 178 valence electrons. The minimum absolute atomic E-state index is 0.00373. The molecule has 0 bridgehead atoms. The third-order valence-electron chi connectivity index (χ3n) is 5.25. The average Bonchev–Trinajstić information content (AvgIpc) is 3.31. The first-order valence-electron chi connectivity index (χ1n) is 10.8. The summed E-state index contributed by atoms with van der Waals surface area (Å²) in [4.78, 5) is 26.7. The van der Waals surface area contributed by atoms with E-state index in [0.717, 1.165) is 18.4 Å². The smallest absolute Gasteiger partial charge is 0.241 e. The fraction of sp³-hybridized carbons (Fsp3) is 0.391. The number of amides is 2. The lowest BCUT2D eigenvalue weighted by atomic mass is 10.1. The van der Waals surface area contributed by atoms with Crippen LogP contribution >= 0.6 is 11.6 Å². The molecule has 10 heteroatoms. The molecule has 2 N–H and O–H groups in total. The lowest BCUT2D eigenvalue weighted by Crippen LogP contribution is -2.48. The van der Waals surface area contributed by atoms with E-state index in [1.54, 1.807) is 0 Å². The van der Waals surface area contributed by atoms with Crippen LogP contribution in [0.2, 0.25) is 5.02 Å². The fourth-order valence-electron chi connectivity index (χ4n) is 3.47. The van der Waals surface area contributed by atoms with Gasteiger partial charge in [0.15, 0.2) is 0 Å². The van der Waals surface area contributed by atoms with E-state index < -0.39 is 22.5 Å². The van der Waals surface area contributed by atoms with E-state index >= 15 is 0 Å². The first kappa shape index (κ1) is 25.2. The highest BCUT2D eigenvalue weighted by atomic mass is 35.5. The normalized spacial score (nSPS) is 15.8. The summed E-state index contributed by atoms with van der Waals surface area (Å²) in [6.45, 7) is 0.645. The summed E-state index contributed by atoms with van der Waals surface area (Å²) in [5.74, 6) is -0.806. The summed E-state index contributed by atoms with van der Waals surface area (Å²) in [6.07, 6.45) is 2.18. The Morgan fingerprint density at radius 2 is 1.82 bits per heavy atom. The molecule has 8 nitrogen and oxygen atoms in total. The number of hydrogen-bond acceptors (Lipinski definition) is 5. The molecule has 33 heavy (non-hydrogen) atoms. The van der Waals surface area contributed by atoms with Gasteiger partial charge in [0.1, 0.15) is 0 Å². The number of carbonyl (C=O) groups excluding carboxylic acids is 2. The van der Waals surface area contributed by atoms with Crippen LogP contribution in [-0.4, -0.2) is 64.0 Å². The van der Waals surface area contributed by atoms with Crippen LogP contribution in [0, 0.1) is 0 Å². The number of nitrogens with zero attached hydrogens (tertiary/aromatic N) is 1. The molecule has 0 aliphatic carbocycles. The van der Waals surface area contributed by atoms with Crippen molar-refractivity contribution in [3.8, 4) is 0 Å². The molecule has 1 aliphatic heterocycles. The summed E-state index contributed by atoms with van der Waals surface area (Å²) in [5, 5.41) is 3.23. The van der Waals surface area contributed by atoms with Gasteiger partial charge in [-0.2, -0.15) is 0 Å². The highest BCUT2D eigenvalue weighted by Gasteiger charge is 2.25. The van der Waals surface area contributed by atoms with Crippen molar-refractivity contribution < 1.29 is 22.7 Å². The number of ether oxygens (including phenoxy) is 1. The van der Waals surface area contributed by atoms with Gasteiger partial charge in [0.2, 0.25) is 21.8 Å². The molecule has 2 amide bonds. The van der Waals surface area contributed by atoms with Crippen molar-refractivity contribution in [1.29, 1.82) is 0 Å². The molecule has 1 fully saturated rings. The molecule has 1 aliphatic rings. The van der Waals surface area contributed by atoms with Crippen molar-refractivity contribution >= 4 is 33.4 Å². The second-order valence-electron chi connectivity index (χ2n) is 7.77.